The molecule has 0 atom stereocenters. The van der Waals surface area contributed by atoms with Gasteiger partial charge in [-0.1, -0.05) is 33.8 Å². The predicted molar refractivity (Wildman–Crippen MR) is 82.9 cm³/mol. The van der Waals surface area contributed by atoms with Crippen molar-refractivity contribution < 1.29 is 9.94 Å². The highest BCUT2D eigenvalue weighted by molar-refractivity contribution is 9.10. The van der Waals surface area contributed by atoms with Gasteiger partial charge in [-0.2, -0.15) is 0 Å². The van der Waals surface area contributed by atoms with E-state index < -0.39 is 11.2 Å². The Morgan fingerprint density at radius 2 is 2.19 bits per heavy atom. The van der Waals surface area contributed by atoms with Crippen molar-refractivity contribution in [2.24, 2.45) is 0 Å². The first-order valence-electron chi connectivity index (χ1n) is 6.06. The SMILES string of the molecule is Cc1c(Sc2cccc(Br)c2)n(OCCO)c(=O)[nH]c1=O. The number of aliphatic hydroxyl groups is 1. The Morgan fingerprint density at radius 1 is 1.43 bits per heavy atom. The van der Waals surface area contributed by atoms with Gasteiger partial charge in [0.05, 0.1) is 6.61 Å². The molecule has 112 valence electrons. The molecule has 1 aromatic carbocycles. The summed E-state index contributed by atoms with van der Waals surface area (Å²) in [6.07, 6.45) is 0. The van der Waals surface area contributed by atoms with E-state index in [-0.39, 0.29) is 13.2 Å². The molecular weight excluding hydrogens is 360 g/mol. The Balaban J connectivity index is 2.49. The molecule has 0 aliphatic rings. The van der Waals surface area contributed by atoms with Crippen LogP contribution in [0.5, 0.6) is 0 Å². The summed E-state index contributed by atoms with van der Waals surface area (Å²) >= 11 is 4.61. The monoisotopic (exact) mass is 372 g/mol. The summed E-state index contributed by atoms with van der Waals surface area (Å²) in [6, 6.07) is 7.46. The van der Waals surface area contributed by atoms with E-state index in [1.165, 1.54) is 11.8 Å². The van der Waals surface area contributed by atoms with Crippen LogP contribution in [0.3, 0.4) is 0 Å². The van der Waals surface area contributed by atoms with E-state index in [9.17, 15) is 9.59 Å². The fourth-order valence-electron chi connectivity index (χ4n) is 1.59. The average Bonchev–Trinajstić information content (AvgIpc) is 2.44. The van der Waals surface area contributed by atoms with Crippen molar-refractivity contribution in [3.8, 4) is 0 Å². The molecule has 1 aromatic heterocycles. The number of rotatable bonds is 5. The van der Waals surface area contributed by atoms with Gasteiger partial charge in [-0.25, -0.2) is 4.79 Å². The average molecular weight is 373 g/mol. The predicted octanol–water partition coefficient (Wildman–Crippen LogP) is 1.18. The molecule has 2 rings (SSSR count). The van der Waals surface area contributed by atoms with Gasteiger partial charge in [0, 0.05) is 14.9 Å². The first kappa shape index (κ1) is 15.9. The third-order valence-corrected chi connectivity index (χ3v) is 4.22. The minimum atomic E-state index is -0.670. The van der Waals surface area contributed by atoms with Crippen LogP contribution >= 0.6 is 27.7 Å². The van der Waals surface area contributed by atoms with Crippen molar-refractivity contribution >= 4 is 27.7 Å². The standard InChI is InChI=1S/C13H13BrN2O4S/c1-8-11(18)15-13(19)16(20-6-5-17)12(8)21-10-4-2-3-9(14)7-10/h2-4,7,17H,5-6H2,1H3,(H,15,18,19). The van der Waals surface area contributed by atoms with Gasteiger partial charge in [0.25, 0.3) is 5.56 Å². The van der Waals surface area contributed by atoms with Gasteiger partial charge >= 0.3 is 5.69 Å². The zero-order chi connectivity index (χ0) is 15.4. The molecule has 2 N–H and O–H groups in total. The summed E-state index contributed by atoms with van der Waals surface area (Å²) in [7, 11) is 0. The van der Waals surface area contributed by atoms with Crippen LogP contribution in [-0.2, 0) is 0 Å². The van der Waals surface area contributed by atoms with E-state index in [1.807, 2.05) is 24.3 Å². The summed E-state index contributed by atoms with van der Waals surface area (Å²) in [5, 5.41) is 9.22. The maximum Gasteiger partial charge on any atom is 0.362 e. The van der Waals surface area contributed by atoms with Crippen LogP contribution in [0.1, 0.15) is 5.56 Å². The number of nitrogens with one attached hydrogen (secondary N) is 1. The third kappa shape index (κ3) is 3.78. The molecule has 0 spiro atoms. The molecule has 0 amide bonds. The second-order valence-electron chi connectivity index (χ2n) is 4.10. The second kappa shape index (κ2) is 6.97. The van der Waals surface area contributed by atoms with Gasteiger partial charge in [-0.05, 0) is 25.1 Å². The number of benzene rings is 1. The first-order valence-corrected chi connectivity index (χ1v) is 7.67. The fraction of sp³-hybridized carbons (Fsp3) is 0.231. The molecule has 0 radical (unpaired) electrons. The molecule has 0 aliphatic carbocycles. The molecule has 0 fully saturated rings. The lowest BCUT2D eigenvalue weighted by Gasteiger charge is -2.13. The van der Waals surface area contributed by atoms with Gasteiger partial charge in [-0.3, -0.25) is 9.78 Å². The molecule has 2 aromatic rings. The van der Waals surface area contributed by atoms with E-state index in [2.05, 4.69) is 20.9 Å². The van der Waals surface area contributed by atoms with Crippen LogP contribution in [0, 0.1) is 6.92 Å². The van der Waals surface area contributed by atoms with Gasteiger partial charge in [0.2, 0.25) is 0 Å². The maximum absolute atomic E-state index is 11.9. The summed E-state index contributed by atoms with van der Waals surface area (Å²) in [5.41, 5.74) is -0.754. The largest absolute Gasteiger partial charge is 0.406 e. The summed E-state index contributed by atoms with van der Waals surface area (Å²) < 4.78 is 1.89. The highest BCUT2D eigenvalue weighted by Crippen LogP contribution is 2.29. The number of halogens is 1. The van der Waals surface area contributed by atoms with Gasteiger partial charge in [0.1, 0.15) is 11.6 Å². The van der Waals surface area contributed by atoms with Crippen molar-refractivity contribution in [2.45, 2.75) is 16.8 Å². The quantitative estimate of drug-likeness (QED) is 0.769. The van der Waals surface area contributed by atoms with Crippen molar-refractivity contribution in [2.75, 3.05) is 13.2 Å². The number of hydrogen-bond acceptors (Lipinski definition) is 5. The molecule has 0 bridgehead atoms. The molecule has 21 heavy (non-hydrogen) atoms. The number of aromatic nitrogens is 2. The van der Waals surface area contributed by atoms with Crippen LogP contribution in [0.15, 0.2) is 48.2 Å². The summed E-state index contributed by atoms with van der Waals surface area (Å²) in [6.45, 7) is 1.33. The lowest BCUT2D eigenvalue weighted by molar-refractivity contribution is 0.0513. The number of H-pyrrole nitrogens is 1. The lowest BCUT2D eigenvalue weighted by atomic mass is 10.4. The zero-order valence-corrected chi connectivity index (χ0v) is 13.5. The number of aromatic amines is 1. The van der Waals surface area contributed by atoms with Crippen LogP contribution < -0.4 is 16.1 Å². The molecular formula is C13H13BrN2O4S. The minimum absolute atomic E-state index is 0.0442. The molecule has 1 heterocycles. The molecule has 8 heteroatoms. The minimum Gasteiger partial charge on any atom is -0.406 e. The van der Waals surface area contributed by atoms with Crippen molar-refractivity contribution in [1.29, 1.82) is 0 Å². The highest BCUT2D eigenvalue weighted by Gasteiger charge is 2.14. The number of nitrogens with zero attached hydrogens (tertiary/aromatic N) is 1. The van der Waals surface area contributed by atoms with Crippen LogP contribution in [0.2, 0.25) is 0 Å². The lowest BCUT2D eigenvalue weighted by Crippen LogP contribution is -2.37. The molecule has 0 saturated heterocycles. The number of hydrogen-bond donors (Lipinski definition) is 2. The fourth-order valence-corrected chi connectivity index (χ4v) is 3.16. The Kier molecular flexibility index (Phi) is 5.27. The van der Waals surface area contributed by atoms with Gasteiger partial charge in [0.15, 0.2) is 0 Å². The zero-order valence-electron chi connectivity index (χ0n) is 11.1. The smallest absolute Gasteiger partial charge is 0.362 e. The van der Waals surface area contributed by atoms with Crippen molar-refractivity contribution in [3.63, 3.8) is 0 Å². The van der Waals surface area contributed by atoms with E-state index in [0.29, 0.717) is 10.6 Å². The van der Waals surface area contributed by atoms with Gasteiger partial charge in [-0.15, -0.1) is 4.73 Å². The molecule has 0 saturated carbocycles. The summed E-state index contributed by atoms with van der Waals surface area (Å²) in [4.78, 5) is 31.8. The highest BCUT2D eigenvalue weighted by atomic mass is 79.9. The first-order chi connectivity index (χ1) is 10.0. The van der Waals surface area contributed by atoms with E-state index in [1.54, 1.807) is 6.92 Å². The van der Waals surface area contributed by atoms with E-state index >= 15 is 0 Å². The Morgan fingerprint density at radius 3 is 2.86 bits per heavy atom. The Bertz CT molecular complexity index is 757. The summed E-state index contributed by atoms with van der Waals surface area (Å²) in [5.74, 6) is 0. The maximum atomic E-state index is 11.9. The van der Waals surface area contributed by atoms with Crippen LogP contribution in [0.4, 0.5) is 0 Å². The Hall–Kier alpha value is -1.51. The topological polar surface area (TPSA) is 84.3 Å². The van der Waals surface area contributed by atoms with Crippen LogP contribution in [-0.4, -0.2) is 28.0 Å². The normalized spacial score (nSPS) is 10.6. The molecule has 0 aliphatic heterocycles. The number of aliphatic hydroxyl groups excluding tert-OH is 1. The van der Waals surface area contributed by atoms with E-state index in [4.69, 9.17) is 9.94 Å². The third-order valence-electron chi connectivity index (χ3n) is 2.57. The van der Waals surface area contributed by atoms with Crippen molar-refractivity contribution in [1.82, 2.24) is 9.71 Å². The Labute approximate surface area is 132 Å². The molecule has 0 unspecified atom stereocenters. The van der Waals surface area contributed by atoms with Gasteiger partial charge < -0.3 is 9.94 Å². The van der Waals surface area contributed by atoms with Crippen LogP contribution in [0.25, 0.3) is 0 Å². The van der Waals surface area contributed by atoms with Crippen molar-refractivity contribution in [3.05, 3.63) is 55.1 Å². The second-order valence-corrected chi connectivity index (χ2v) is 6.08. The molecule has 6 nitrogen and oxygen atoms in total. The van der Waals surface area contributed by atoms with E-state index in [0.717, 1.165) is 14.1 Å².